The number of hydrogen-bond donors (Lipinski definition) is 1. The number of fused-ring (bicyclic) bond motifs is 2. The van der Waals surface area contributed by atoms with Crippen molar-refractivity contribution in [3.63, 3.8) is 0 Å². The molecule has 0 aliphatic heterocycles. The van der Waals surface area contributed by atoms with Crippen LogP contribution in [-0.2, 0) is 9.53 Å². The molecule has 5 atom stereocenters. The molecular formula is C16H24O3. The van der Waals surface area contributed by atoms with Gasteiger partial charge in [0.1, 0.15) is 5.60 Å². The van der Waals surface area contributed by atoms with Crippen molar-refractivity contribution in [2.75, 3.05) is 6.61 Å². The first-order valence-corrected chi connectivity index (χ1v) is 7.53. The topological polar surface area (TPSA) is 46.5 Å². The Kier molecular flexibility index (Phi) is 3.20. The molecule has 3 heteroatoms. The van der Waals surface area contributed by atoms with E-state index in [1.54, 1.807) is 6.92 Å². The third-order valence-electron chi connectivity index (χ3n) is 5.58. The fourth-order valence-electron chi connectivity index (χ4n) is 4.92. The maximum Gasteiger partial charge on any atom is 0.333 e. The van der Waals surface area contributed by atoms with Crippen LogP contribution < -0.4 is 0 Å². The molecule has 1 N–H and O–H groups in total. The van der Waals surface area contributed by atoms with Gasteiger partial charge < -0.3 is 9.84 Å². The number of carbonyl (C=O) groups excluding carboxylic acids is 1. The van der Waals surface area contributed by atoms with Gasteiger partial charge in [-0.15, -0.1) is 0 Å². The van der Waals surface area contributed by atoms with E-state index in [2.05, 4.69) is 6.58 Å². The average Bonchev–Trinajstić information content (AvgIpc) is 2.35. The predicted octanol–water partition coefficient (Wildman–Crippen LogP) is 2.68. The SMILES string of the molecule is C=C(C)C(=O)OC12CC3CCC(C(CO)C1)C(C3)C2. The fourth-order valence-corrected chi connectivity index (χ4v) is 4.92. The number of esters is 1. The first-order chi connectivity index (χ1) is 9.03. The van der Waals surface area contributed by atoms with Crippen molar-refractivity contribution < 1.29 is 14.6 Å². The van der Waals surface area contributed by atoms with Crippen LogP contribution in [0.15, 0.2) is 12.2 Å². The van der Waals surface area contributed by atoms with E-state index in [1.807, 2.05) is 0 Å². The van der Waals surface area contributed by atoms with Gasteiger partial charge in [0.25, 0.3) is 0 Å². The summed E-state index contributed by atoms with van der Waals surface area (Å²) in [5.41, 5.74) is 0.168. The van der Waals surface area contributed by atoms with Gasteiger partial charge in [-0.25, -0.2) is 4.79 Å². The van der Waals surface area contributed by atoms with E-state index in [0.717, 1.165) is 19.3 Å². The molecule has 0 heterocycles. The molecule has 3 rings (SSSR count). The number of aliphatic hydroxyl groups excluding tert-OH is 1. The Labute approximate surface area is 115 Å². The van der Waals surface area contributed by atoms with E-state index in [1.165, 1.54) is 19.3 Å². The third-order valence-corrected chi connectivity index (χ3v) is 5.58. The van der Waals surface area contributed by atoms with Crippen molar-refractivity contribution in [3.8, 4) is 0 Å². The normalized spacial score (nSPS) is 43.9. The molecule has 5 unspecified atom stereocenters. The van der Waals surface area contributed by atoms with Crippen molar-refractivity contribution >= 4 is 5.97 Å². The molecule has 3 nitrogen and oxygen atoms in total. The molecule has 3 fully saturated rings. The average molecular weight is 264 g/mol. The van der Waals surface area contributed by atoms with Crippen LogP contribution in [0, 0.1) is 23.7 Å². The zero-order valence-electron chi connectivity index (χ0n) is 11.7. The summed E-state index contributed by atoms with van der Waals surface area (Å²) in [6, 6.07) is 0. The summed E-state index contributed by atoms with van der Waals surface area (Å²) in [5, 5.41) is 9.66. The Bertz CT molecular complexity index is 397. The summed E-state index contributed by atoms with van der Waals surface area (Å²) in [4.78, 5) is 11.9. The summed E-state index contributed by atoms with van der Waals surface area (Å²) in [6.45, 7) is 5.63. The van der Waals surface area contributed by atoms with Crippen molar-refractivity contribution in [1.29, 1.82) is 0 Å². The van der Waals surface area contributed by atoms with Gasteiger partial charge in [0.15, 0.2) is 0 Å². The highest BCUT2D eigenvalue weighted by Gasteiger charge is 2.54. The Hall–Kier alpha value is -0.830. The first-order valence-electron chi connectivity index (χ1n) is 7.53. The second-order valence-corrected chi connectivity index (χ2v) is 7.01. The molecule has 0 spiro atoms. The van der Waals surface area contributed by atoms with Gasteiger partial charge >= 0.3 is 5.97 Å². The molecule has 0 aromatic heterocycles. The van der Waals surface area contributed by atoms with E-state index in [-0.39, 0.29) is 18.2 Å². The van der Waals surface area contributed by atoms with Crippen LogP contribution in [0.4, 0.5) is 0 Å². The zero-order chi connectivity index (χ0) is 13.6. The maximum absolute atomic E-state index is 11.9. The van der Waals surface area contributed by atoms with Gasteiger partial charge in [-0.05, 0) is 62.7 Å². The largest absolute Gasteiger partial charge is 0.456 e. The van der Waals surface area contributed by atoms with Crippen molar-refractivity contribution in [1.82, 2.24) is 0 Å². The minimum Gasteiger partial charge on any atom is -0.456 e. The van der Waals surface area contributed by atoms with Crippen LogP contribution in [0.1, 0.15) is 45.4 Å². The fraction of sp³-hybridized carbons (Fsp3) is 0.812. The summed E-state index contributed by atoms with van der Waals surface area (Å²) >= 11 is 0. The van der Waals surface area contributed by atoms with Crippen LogP contribution in [0.3, 0.4) is 0 Å². The van der Waals surface area contributed by atoms with E-state index < -0.39 is 0 Å². The Morgan fingerprint density at radius 3 is 2.84 bits per heavy atom. The predicted molar refractivity (Wildman–Crippen MR) is 72.4 cm³/mol. The standard InChI is InChI=1S/C16H24O3/c1-10(2)15(18)19-16-6-11-3-4-14(12(5-11)7-16)13(8-16)9-17/h11-14,17H,1,3-9H2,2H3. The first kappa shape index (κ1) is 13.2. The number of ether oxygens (including phenoxy) is 1. The molecule has 19 heavy (non-hydrogen) atoms. The minimum absolute atomic E-state index is 0.234. The highest BCUT2D eigenvalue weighted by Crippen LogP contribution is 2.57. The number of rotatable bonds is 3. The highest BCUT2D eigenvalue weighted by molar-refractivity contribution is 5.87. The summed E-state index contributed by atoms with van der Waals surface area (Å²) in [6.07, 6.45) is 6.61. The van der Waals surface area contributed by atoms with Crippen molar-refractivity contribution in [2.45, 2.75) is 51.0 Å². The highest BCUT2D eigenvalue weighted by atomic mass is 16.6. The lowest BCUT2D eigenvalue weighted by atomic mass is 9.52. The van der Waals surface area contributed by atoms with E-state index >= 15 is 0 Å². The summed E-state index contributed by atoms with van der Waals surface area (Å²) in [7, 11) is 0. The molecule has 0 aromatic rings. The van der Waals surface area contributed by atoms with Crippen LogP contribution in [-0.4, -0.2) is 23.3 Å². The molecule has 106 valence electrons. The molecule has 0 amide bonds. The van der Waals surface area contributed by atoms with E-state index in [0.29, 0.717) is 29.2 Å². The van der Waals surface area contributed by atoms with Crippen LogP contribution >= 0.6 is 0 Å². The van der Waals surface area contributed by atoms with Gasteiger partial charge in [-0.1, -0.05) is 13.0 Å². The van der Waals surface area contributed by atoms with E-state index in [9.17, 15) is 9.90 Å². The Balaban J connectivity index is 1.84. The monoisotopic (exact) mass is 264 g/mol. The van der Waals surface area contributed by atoms with Crippen LogP contribution in [0.5, 0.6) is 0 Å². The lowest BCUT2D eigenvalue weighted by molar-refractivity contribution is -0.186. The second-order valence-electron chi connectivity index (χ2n) is 7.01. The number of hydrogen-bond acceptors (Lipinski definition) is 3. The van der Waals surface area contributed by atoms with Gasteiger partial charge in [-0.3, -0.25) is 0 Å². The van der Waals surface area contributed by atoms with Gasteiger partial charge in [-0.2, -0.15) is 0 Å². The lowest BCUT2D eigenvalue weighted by Gasteiger charge is -2.56. The van der Waals surface area contributed by atoms with E-state index in [4.69, 9.17) is 4.74 Å². The van der Waals surface area contributed by atoms with Crippen molar-refractivity contribution in [2.24, 2.45) is 23.7 Å². The van der Waals surface area contributed by atoms with Gasteiger partial charge in [0.05, 0.1) is 0 Å². The summed E-state index contributed by atoms with van der Waals surface area (Å²) in [5.74, 6) is 2.08. The molecule has 0 aromatic carbocycles. The van der Waals surface area contributed by atoms with Crippen LogP contribution in [0.25, 0.3) is 0 Å². The number of carbonyl (C=O) groups is 1. The Morgan fingerprint density at radius 2 is 2.16 bits per heavy atom. The van der Waals surface area contributed by atoms with Gasteiger partial charge in [0, 0.05) is 12.2 Å². The zero-order valence-corrected chi connectivity index (χ0v) is 11.7. The molecule has 3 aliphatic carbocycles. The second kappa shape index (κ2) is 4.62. The smallest absolute Gasteiger partial charge is 0.333 e. The summed E-state index contributed by atoms with van der Waals surface area (Å²) < 4.78 is 5.85. The maximum atomic E-state index is 11.9. The molecule has 0 radical (unpaired) electrons. The molecule has 3 saturated carbocycles. The molecule has 3 aliphatic rings. The van der Waals surface area contributed by atoms with Gasteiger partial charge in [0.2, 0.25) is 0 Å². The Morgan fingerprint density at radius 1 is 1.37 bits per heavy atom. The molecular weight excluding hydrogens is 240 g/mol. The molecule has 3 bridgehead atoms. The van der Waals surface area contributed by atoms with Crippen LogP contribution in [0.2, 0.25) is 0 Å². The molecule has 0 saturated heterocycles. The minimum atomic E-state index is -0.312. The number of aliphatic hydroxyl groups is 1. The third kappa shape index (κ3) is 2.22. The quantitative estimate of drug-likeness (QED) is 0.629. The lowest BCUT2D eigenvalue weighted by Crippen LogP contribution is -2.54. The van der Waals surface area contributed by atoms with Crippen molar-refractivity contribution in [3.05, 3.63) is 12.2 Å².